The monoisotopic (exact) mass is 386 g/mol. The molecule has 1 aliphatic heterocycles. The Hall–Kier alpha value is -2.24. The maximum absolute atomic E-state index is 12.2. The lowest BCUT2D eigenvalue weighted by molar-refractivity contribution is -0.115. The number of thioether (sulfide) groups is 1. The van der Waals surface area contributed by atoms with Crippen molar-refractivity contribution in [2.45, 2.75) is 26.4 Å². The van der Waals surface area contributed by atoms with Gasteiger partial charge in [0.15, 0.2) is 5.17 Å². The quantitative estimate of drug-likeness (QED) is 0.699. The number of hydrogen-bond donors (Lipinski definition) is 1. The highest BCUT2D eigenvalue weighted by Gasteiger charge is 2.23. The van der Waals surface area contributed by atoms with Crippen molar-refractivity contribution in [1.29, 1.82) is 0 Å². The number of halogens is 1. The summed E-state index contributed by atoms with van der Waals surface area (Å²) >= 11 is 7.61. The van der Waals surface area contributed by atoms with Crippen molar-refractivity contribution in [3.63, 3.8) is 0 Å². The van der Waals surface area contributed by atoms with Crippen molar-refractivity contribution in [2.75, 3.05) is 0 Å². The Kier molecular flexibility index (Phi) is 6.01. The number of carbonyl (C=O) groups is 1. The van der Waals surface area contributed by atoms with Crippen LogP contribution in [0.4, 0.5) is 5.69 Å². The van der Waals surface area contributed by atoms with E-state index in [2.05, 4.69) is 17.2 Å². The molecule has 1 unspecified atom stereocenters. The first-order chi connectivity index (χ1) is 12.5. The summed E-state index contributed by atoms with van der Waals surface area (Å²) in [7, 11) is 0. The number of rotatable bonds is 5. The molecule has 4 nitrogen and oxygen atoms in total. The van der Waals surface area contributed by atoms with Gasteiger partial charge in [-0.15, -0.1) is 0 Å². The zero-order valence-corrected chi connectivity index (χ0v) is 16.1. The van der Waals surface area contributed by atoms with Gasteiger partial charge in [-0.3, -0.25) is 4.79 Å². The number of para-hydroxylation sites is 1. The lowest BCUT2D eigenvalue weighted by Gasteiger charge is -2.14. The van der Waals surface area contributed by atoms with Crippen LogP contribution >= 0.6 is 23.4 Å². The van der Waals surface area contributed by atoms with Gasteiger partial charge in [-0.1, -0.05) is 42.8 Å². The average molecular weight is 387 g/mol. The maximum Gasteiger partial charge on any atom is 0.264 e. The first-order valence-corrected chi connectivity index (χ1v) is 9.55. The standard InChI is InChI=1S/C20H19ClN2O2S/c1-3-13(2)25-17-10-9-14(11-16(17)21)12-18-19(24)23-20(26-18)22-15-7-5-4-6-8-15/h4-13H,3H2,1-2H3,(H,22,23,24)/b18-12+. The molecule has 0 radical (unpaired) electrons. The Bertz CT molecular complexity index is 865. The van der Waals surface area contributed by atoms with Gasteiger partial charge in [0.1, 0.15) is 5.75 Å². The molecule has 0 aliphatic carbocycles. The summed E-state index contributed by atoms with van der Waals surface area (Å²) in [4.78, 5) is 17.2. The fourth-order valence-electron chi connectivity index (χ4n) is 2.25. The molecule has 1 fully saturated rings. The van der Waals surface area contributed by atoms with Crippen molar-refractivity contribution >= 4 is 46.2 Å². The normalized spacial score (nSPS) is 18.2. The van der Waals surface area contributed by atoms with E-state index in [-0.39, 0.29) is 12.0 Å². The largest absolute Gasteiger partial charge is 0.489 e. The molecule has 3 rings (SSSR count). The maximum atomic E-state index is 12.2. The summed E-state index contributed by atoms with van der Waals surface area (Å²) in [5, 5.41) is 3.87. The van der Waals surface area contributed by atoms with Crippen LogP contribution in [-0.4, -0.2) is 17.2 Å². The highest BCUT2D eigenvalue weighted by Crippen LogP contribution is 2.31. The number of carbonyl (C=O) groups excluding carboxylic acids is 1. The first-order valence-electron chi connectivity index (χ1n) is 8.36. The lowest BCUT2D eigenvalue weighted by atomic mass is 10.2. The summed E-state index contributed by atoms with van der Waals surface area (Å²) < 4.78 is 5.77. The van der Waals surface area contributed by atoms with Crippen LogP contribution in [-0.2, 0) is 4.79 Å². The van der Waals surface area contributed by atoms with Crippen LogP contribution in [0.2, 0.25) is 5.02 Å². The molecule has 1 aliphatic rings. The minimum absolute atomic E-state index is 0.102. The van der Waals surface area contributed by atoms with Gasteiger partial charge in [0.05, 0.1) is 21.7 Å². The first kappa shape index (κ1) is 18.5. The predicted molar refractivity (Wildman–Crippen MR) is 109 cm³/mol. The van der Waals surface area contributed by atoms with Crippen LogP contribution in [0.5, 0.6) is 5.75 Å². The number of ether oxygens (including phenoxy) is 1. The van der Waals surface area contributed by atoms with Crippen LogP contribution in [0, 0.1) is 0 Å². The molecule has 0 spiro atoms. The third-order valence-electron chi connectivity index (χ3n) is 3.79. The Morgan fingerprint density at radius 2 is 2.04 bits per heavy atom. The van der Waals surface area contributed by atoms with Crippen LogP contribution in [0.1, 0.15) is 25.8 Å². The van der Waals surface area contributed by atoms with Gasteiger partial charge in [-0.2, -0.15) is 0 Å². The summed E-state index contributed by atoms with van der Waals surface area (Å²) in [6, 6.07) is 15.0. The van der Waals surface area contributed by atoms with E-state index in [1.807, 2.05) is 49.4 Å². The molecule has 1 saturated heterocycles. The van der Waals surface area contributed by atoms with Gasteiger partial charge in [0, 0.05) is 0 Å². The molecule has 1 heterocycles. The Labute approximate surface area is 162 Å². The van der Waals surface area contributed by atoms with Crippen molar-refractivity contribution in [1.82, 2.24) is 5.32 Å². The van der Waals surface area contributed by atoms with Gasteiger partial charge < -0.3 is 10.1 Å². The third-order valence-corrected chi connectivity index (χ3v) is 5.00. The van der Waals surface area contributed by atoms with Crippen LogP contribution < -0.4 is 10.1 Å². The zero-order valence-electron chi connectivity index (χ0n) is 14.5. The molecular weight excluding hydrogens is 368 g/mol. The third kappa shape index (κ3) is 4.68. The summed E-state index contributed by atoms with van der Waals surface area (Å²) in [6.07, 6.45) is 2.80. The predicted octanol–water partition coefficient (Wildman–Crippen LogP) is 5.41. The smallest absolute Gasteiger partial charge is 0.264 e. The number of benzene rings is 2. The van der Waals surface area contributed by atoms with Crippen LogP contribution in [0.25, 0.3) is 6.08 Å². The van der Waals surface area contributed by atoms with Gasteiger partial charge >= 0.3 is 0 Å². The number of nitrogens with zero attached hydrogens (tertiary/aromatic N) is 1. The second-order valence-corrected chi connectivity index (χ2v) is 7.28. The Balaban J connectivity index is 1.76. The second kappa shape index (κ2) is 8.43. The number of aliphatic imine (C=N–C) groups is 1. The average Bonchev–Trinajstić information content (AvgIpc) is 2.97. The summed E-state index contributed by atoms with van der Waals surface area (Å²) in [5.41, 5.74) is 1.64. The van der Waals surface area contributed by atoms with Crippen LogP contribution in [0.15, 0.2) is 58.4 Å². The molecule has 2 aromatic carbocycles. The number of nitrogens with one attached hydrogen (secondary N) is 1. The van der Waals surface area contributed by atoms with Gasteiger partial charge in [0.2, 0.25) is 0 Å². The van der Waals surface area contributed by atoms with Crippen LogP contribution in [0.3, 0.4) is 0 Å². The highest BCUT2D eigenvalue weighted by molar-refractivity contribution is 8.18. The van der Waals surface area contributed by atoms with E-state index in [4.69, 9.17) is 16.3 Å². The Morgan fingerprint density at radius 1 is 1.27 bits per heavy atom. The van der Waals surface area contributed by atoms with E-state index < -0.39 is 0 Å². The Morgan fingerprint density at radius 3 is 2.73 bits per heavy atom. The fourth-order valence-corrected chi connectivity index (χ4v) is 3.33. The molecule has 1 amide bonds. The van der Waals surface area contributed by atoms with E-state index in [0.29, 0.717) is 20.8 Å². The molecule has 1 atom stereocenters. The van der Waals surface area contributed by atoms with E-state index in [9.17, 15) is 4.79 Å². The van der Waals surface area contributed by atoms with Gasteiger partial charge in [-0.25, -0.2) is 4.99 Å². The van der Waals surface area contributed by atoms with Crippen molar-refractivity contribution in [2.24, 2.45) is 4.99 Å². The number of amidine groups is 1. The summed E-state index contributed by atoms with van der Waals surface area (Å²) in [6.45, 7) is 4.06. The molecular formula is C20H19ClN2O2S. The van der Waals surface area contributed by atoms with Crippen molar-refractivity contribution in [3.8, 4) is 5.75 Å². The molecule has 6 heteroatoms. The molecule has 26 heavy (non-hydrogen) atoms. The number of amides is 1. The van der Waals surface area contributed by atoms with E-state index in [1.165, 1.54) is 11.8 Å². The van der Waals surface area contributed by atoms with E-state index in [0.717, 1.165) is 17.7 Å². The fraction of sp³-hybridized carbons (Fsp3) is 0.200. The van der Waals surface area contributed by atoms with Gasteiger partial charge in [0.25, 0.3) is 5.91 Å². The minimum atomic E-state index is -0.166. The topological polar surface area (TPSA) is 50.7 Å². The second-order valence-electron chi connectivity index (χ2n) is 5.84. The van der Waals surface area contributed by atoms with Crippen molar-refractivity contribution in [3.05, 3.63) is 64.0 Å². The molecule has 134 valence electrons. The van der Waals surface area contributed by atoms with E-state index >= 15 is 0 Å². The highest BCUT2D eigenvalue weighted by atomic mass is 35.5. The zero-order chi connectivity index (χ0) is 18.5. The molecule has 1 N–H and O–H groups in total. The molecule has 2 aromatic rings. The lowest BCUT2D eigenvalue weighted by Crippen LogP contribution is -2.19. The van der Waals surface area contributed by atoms with Gasteiger partial charge in [-0.05, 0) is 61.0 Å². The SMILES string of the molecule is CCC(C)Oc1ccc(/C=C2/SC(=Nc3ccccc3)NC2=O)cc1Cl. The summed E-state index contributed by atoms with van der Waals surface area (Å²) in [5.74, 6) is 0.485. The molecule has 0 bridgehead atoms. The van der Waals surface area contributed by atoms with E-state index in [1.54, 1.807) is 12.1 Å². The number of hydrogen-bond acceptors (Lipinski definition) is 4. The molecule has 0 aromatic heterocycles. The minimum Gasteiger partial charge on any atom is -0.489 e. The molecule has 0 saturated carbocycles. The van der Waals surface area contributed by atoms with Crippen molar-refractivity contribution < 1.29 is 9.53 Å².